The fourth-order valence-electron chi connectivity index (χ4n) is 4.91. The second kappa shape index (κ2) is 10.2. The first kappa shape index (κ1) is 23.4. The molecule has 0 aliphatic carbocycles. The van der Waals surface area contributed by atoms with Crippen molar-refractivity contribution in [1.29, 1.82) is 0 Å². The van der Waals surface area contributed by atoms with E-state index in [9.17, 15) is 0 Å². The van der Waals surface area contributed by atoms with Gasteiger partial charge in [0.2, 0.25) is 0 Å². The highest BCUT2D eigenvalue weighted by Gasteiger charge is 2.15. The van der Waals surface area contributed by atoms with Gasteiger partial charge in [-0.25, -0.2) is 4.98 Å². The Labute approximate surface area is 223 Å². The Morgan fingerprint density at radius 1 is 0.789 bits per heavy atom. The maximum absolute atomic E-state index is 4.35. The predicted octanol–water partition coefficient (Wildman–Crippen LogP) is 6.95. The van der Waals surface area contributed by atoms with Gasteiger partial charge in [0.25, 0.3) is 0 Å². The molecule has 4 aromatic carbocycles. The molecule has 1 aliphatic rings. The minimum absolute atomic E-state index is 0.123. The standard InChI is InChI=1S/C34H28N4/c1-38(2)26-20-17-24(18-21-26)34-30-13-5-3-11-27(30)29(28-12-4-6-14-31(28)34)22-19-25-10-9-16-33(36-25)37-32-15-7-8-23-35-32/h3-18,20-21,23,25,36H,1-2H3,(H,35,37). The van der Waals surface area contributed by atoms with Crippen molar-refractivity contribution in [3.05, 3.63) is 127 Å². The van der Waals surface area contributed by atoms with Gasteiger partial charge < -0.3 is 15.5 Å². The Bertz CT molecular complexity index is 1680. The summed E-state index contributed by atoms with van der Waals surface area (Å²) >= 11 is 0. The van der Waals surface area contributed by atoms with Crippen LogP contribution in [0.15, 0.2) is 121 Å². The first-order valence-electron chi connectivity index (χ1n) is 12.7. The van der Waals surface area contributed by atoms with Gasteiger partial charge in [0.05, 0.1) is 0 Å². The van der Waals surface area contributed by atoms with Crippen molar-refractivity contribution in [2.75, 3.05) is 24.3 Å². The summed E-state index contributed by atoms with van der Waals surface area (Å²) in [4.78, 5) is 6.48. The number of allylic oxidation sites excluding steroid dienone is 2. The monoisotopic (exact) mass is 492 g/mol. The fraction of sp³-hybridized carbons (Fsp3) is 0.0882. The molecule has 1 atom stereocenters. The van der Waals surface area contributed by atoms with Gasteiger partial charge in [-0.15, -0.1) is 0 Å². The lowest BCUT2D eigenvalue weighted by Gasteiger charge is -2.19. The zero-order valence-electron chi connectivity index (χ0n) is 21.4. The van der Waals surface area contributed by atoms with Crippen LogP contribution < -0.4 is 15.5 Å². The third-order valence-corrected chi connectivity index (χ3v) is 6.76. The van der Waals surface area contributed by atoms with E-state index in [-0.39, 0.29) is 6.04 Å². The van der Waals surface area contributed by atoms with Crippen molar-refractivity contribution in [3.8, 4) is 23.0 Å². The molecule has 1 unspecified atom stereocenters. The molecule has 0 spiro atoms. The normalized spacial score (nSPS) is 14.4. The van der Waals surface area contributed by atoms with Crippen LogP contribution in [0, 0.1) is 11.8 Å². The molecule has 2 heterocycles. The molecule has 2 N–H and O–H groups in total. The topological polar surface area (TPSA) is 40.2 Å². The van der Waals surface area contributed by atoms with E-state index >= 15 is 0 Å². The van der Waals surface area contributed by atoms with Crippen LogP contribution in [-0.4, -0.2) is 25.1 Å². The molecule has 184 valence electrons. The van der Waals surface area contributed by atoms with Crippen LogP contribution >= 0.6 is 0 Å². The molecule has 4 heteroatoms. The number of anilines is 2. The fourth-order valence-corrected chi connectivity index (χ4v) is 4.91. The Morgan fingerprint density at radius 3 is 2.08 bits per heavy atom. The van der Waals surface area contributed by atoms with E-state index in [0.717, 1.165) is 28.0 Å². The van der Waals surface area contributed by atoms with E-state index in [1.807, 2.05) is 30.4 Å². The number of rotatable bonds is 4. The second-order valence-electron chi connectivity index (χ2n) is 9.48. The number of fused-ring (bicyclic) bond motifs is 2. The average Bonchev–Trinajstić information content (AvgIpc) is 2.96. The maximum Gasteiger partial charge on any atom is 0.131 e. The first-order chi connectivity index (χ1) is 18.7. The summed E-state index contributed by atoms with van der Waals surface area (Å²) in [6, 6.07) is 31.7. The summed E-state index contributed by atoms with van der Waals surface area (Å²) in [6.45, 7) is 0. The SMILES string of the molecule is CN(C)c1ccc(-c2c3ccccc3c(C#CC3C=CC=C(Nc4ccccn4)N3)c3ccccc23)cc1. The van der Waals surface area contributed by atoms with Crippen LogP contribution in [0.25, 0.3) is 32.7 Å². The van der Waals surface area contributed by atoms with Crippen molar-refractivity contribution >= 4 is 33.1 Å². The number of hydrogen-bond donors (Lipinski definition) is 2. The number of nitrogens with one attached hydrogen (secondary N) is 2. The molecule has 5 aromatic rings. The number of benzene rings is 4. The summed E-state index contributed by atoms with van der Waals surface area (Å²) < 4.78 is 0. The molecule has 0 bridgehead atoms. The summed E-state index contributed by atoms with van der Waals surface area (Å²) in [5.74, 6) is 8.67. The molecule has 1 aliphatic heterocycles. The number of nitrogens with zero attached hydrogens (tertiary/aromatic N) is 2. The minimum Gasteiger partial charge on any atom is -0.378 e. The zero-order valence-corrected chi connectivity index (χ0v) is 21.4. The molecular weight excluding hydrogens is 464 g/mol. The van der Waals surface area contributed by atoms with Gasteiger partial charge in [-0.2, -0.15) is 0 Å². The molecule has 0 saturated carbocycles. The highest BCUT2D eigenvalue weighted by atomic mass is 15.1. The highest BCUT2D eigenvalue weighted by Crippen LogP contribution is 2.39. The van der Waals surface area contributed by atoms with Gasteiger partial charge in [0, 0.05) is 31.5 Å². The van der Waals surface area contributed by atoms with Crippen molar-refractivity contribution in [3.63, 3.8) is 0 Å². The third-order valence-electron chi connectivity index (χ3n) is 6.76. The van der Waals surface area contributed by atoms with E-state index in [2.05, 4.69) is 125 Å². The third kappa shape index (κ3) is 4.58. The smallest absolute Gasteiger partial charge is 0.131 e. The Kier molecular flexibility index (Phi) is 6.25. The summed E-state index contributed by atoms with van der Waals surface area (Å²) in [6.07, 6.45) is 7.86. The number of dihydropyridines is 1. The predicted molar refractivity (Wildman–Crippen MR) is 160 cm³/mol. The maximum atomic E-state index is 4.35. The summed E-state index contributed by atoms with van der Waals surface area (Å²) in [5, 5.41) is 11.5. The lowest BCUT2D eigenvalue weighted by Crippen LogP contribution is -2.30. The molecule has 0 fully saturated rings. The van der Waals surface area contributed by atoms with Crippen molar-refractivity contribution in [2.24, 2.45) is 0 Å². The molecule has 0 saturated heterocycles. The molecule has 4 nitrogen and oxygen atoms in total. The van der Waals surface area contributed by atoms with Gasteiger partial charge in [-0.1, -0.05) is 90.7 Å². The lowest BCUT2D eigenvalue weighted by atomic mass is 9.88. The largest absolute Gasteiger partial charge is 0.378 e. The molecule has 0 radical (unpaired) electrons. The van der Waals surface area contributed by atoms with Gasteiger partial charge in [-0.3, -0.25) is 0 Å². The minimum atomic E-state index is -0.123. The van der Waals surface area contributed by atoms with Crippen molar-refractivity contribution in [1.82, 2.24) is 10.3 Å². The van der Waals surface area contributed by atoms with Crippen LogP contribution in [0.2, 0.25) is 0 Å². The van der Waals surface area contributed by atoms with Crippen LogP contribution in [0.5, 0.6) is 0 Å². The van der Waals surface area contributed by atoms with E-state index in [0.29, 0.717) is 0 Å². The zero-order chi connectivity index (χ0) is 25.9. The van der Waals surface area contributed by atoms with E-state index in [1.54, 1.807) is 6.20 Å². The summed E-state index contributed by atoms with van der Waals surface area (Å²) in [5.41, 5.74) is 4.68. The number of hydrogen-bond acceptors (Lipinski definition) is 4. The molecule has 38 heavy (non-hydrogen) atoms. The van der Waals surface area contributed by atoms with Gasteiger partial charge in [-0.05, 0) is 63.0 Å². The first-order valence-corrected chi connectivity index (χ1v) is 12.7. The Balaban J connectivity index is 1.42. The van der Waals surface area contributed by atoms with E-state index in [4.69, 9.17) is 0 Å². The molecule has 6 rings (SSSR count). The van der Waals surface area contributed by atoms with E-state index < -0.39 is 0 Å². The Hall–Kier alpha value is -5.01. The van der Waals surface area contributed by atoms with Gasteiger partial charge in [0.15, 0.2) is 0 Å². The number of pyridine rings is 1. The highest BCUT2D eigenvalue weighted by molar-refractivity contribution is 6.16. The van der Waals surface area contributed by atoms with Gasteiger partial charge >= 0.3 is 0 Å². The van der Waals surface area contributed by atoms with Crippen molar-refractivity contribution < 1.29 is 0 Å². The molecular formula is C34H28N4. The van der Waals surface area contributed by atoms with Crippen LogP contribution in [-0.2, 0) is 0 Å². The molecule has 1 aromatic heterocycles. The summed E-state index contributed by atoms with van der Waals surface area (Å²) in [7, 11) is 4.13. The number of aromatic nitrogens is 1. The molecule has 0 amide bonds. The quantitative estimate of drug-likeness (QED) is 0.210. The average molecular weight is 493 g/mol. The lowest BCUT2D eigenvalue weighted by molar-refractivity contribution is 0.797. The van der Waals surface area contributed by atoms with Crippen molar-refractivity contribution in [2.45, 2.75) is 6.04 Å². The van der Waals surface area contributed by atoms with E-state index in [1.165, 1.54) is 27.6 Å². The van der Waals surface area contributed by atoms with Gasteiger partial charge in [0.1, 0.15) is 17.7 Å². The van der Waals surface area contributed by atoms with Crippen LogP contribution in [0.4, 0.5) is 11.5 Å². The second-order valence-corrected chi connectivity index (χ2v) is 9.48. The van der Waals surface area contributed by atoms with Crippen LogP contribution in [0.3, 0.4) is 0 Å². The Morgan fingerprint density at radius 2 is 1.45 bits per heavy atom. The van der Waals surface area contributed by atoms with Crippen LogP contribution in [0.1, 0.15) is 5.56 Å².